The second-order valence-corrected chi connectivity index (χ2v) is 8.74. The van der Waals surface area contributed by atoms with Gasteiger partial charge in [0.1, 0.15) is 11.0 Å². The Hall–Kier alpha value is -1.44. The van der Waals surface area contributed by atoms with Crippen LogP contribution in [-0.2, 0) is 28.6 Å². The summed E-state index contributed by atoms with van der Waals surface area (Å²) >= 11 is 0. The van der Waals surface area contributed by atoms with Crippen molar-refractivity contribution in [3.63, 3.8) is 0 Å². The summed E-state index contributed by atoms with van der Waals surface area (Å²) in [6.07, 6.45) is 1.33. The number of hydrogen-bond acceptors (Lipinski definition) is 6. The lowest BCUT2D eigenvalue weighted by atomic mass is 9.62. The van der Waals surface area contributed by atoms with Crippen LogP contribution in [-0.4, -0.2) is 39.3 Å². The molecule has 3 aliphatic rings. The van der Waals surface area contributed by atoms with Gasteiger partial charge in [-0.1, -0.05) is 17.7 Å². The highest BCUT2D eigenvalue weighted by atomic mass is 32.2. The molecular formula is C17H20O6S. The summed E-state index contributed by atoms with van der Waals surface area (Å²) < 4.78 is 41.5. The van der Waals surface area contributed by atoms with Gasteiger partial charge >= 0.3 is 5.97 Å². The standard InChI is InChI=1S/C17H20O6S/c1-11-3-5-12(6-4-11)24(19,20)22-10-17-8-7-14(23-17)13-9-21-15(18)16(13,17)2/h3-6,13-14H,7-10H2,1-2H3/t13-,14-,16+,17-/m1/s1. The van der Waals surface area contributed by atoms with Gasteiger partial charge in [0.25, 0.3) is 10.1 Å². The van der Waals surface area contributed by atoms with E-state index in [0.29, 0.717) is 13.0 Å². The first-order chi connectivity index (χ1) is 11.3. The zero-order valence-electron chi connectivity index (χ0n) is 13.7. The highest BCUT2D eigenvalue weighted by Gasteiger charge is 2.73. The summed E-state index contributed by atoms with van der Waals surface area (Å²) in [5.41, 5.74) is -0.791. The molecule has 0 radical (unpaired) electrons. The van der Waals surface area contributed by atoms with E-state index in [4.69, 9.17) is 13.7 Å². The van der Waals surface area contributed by atoms with Crippen LogP contribution in [0, 0.1) is 18.3 Å². The zero-order chi connectivity index (χ0) is 17.2. The summed E-state index contributed by atoms with van der Waals surface area (Å²) in [7, 11) is -3.90. The van der Waals surface area contributed by atoms with Gasteiger partial charge in [0.15, 0.2) is 0 Å². The molecule has 3 saturated heterocycles. The molecule has 0 N–H and O–H groups in total. The van der Waals surface area contributed by atoms with Gasteiger partial charge in [0.2, 0.25) is 0 Å². The van der Waals surface area contributed by atoms with E-state index in [1.165, 1.54) is 12.1 Å². The molecule has 4 rings (SSSR count). The summed E-state index contributed by atoms with van der Waals surface area (Å²) in [6.45, 7) is 3.87. The van der Waals surface area contributed by atoms with E-state index in [-0.39, 0.29) is 29.5 Å². The van der Waals surface area contributed by atoms with Crippen LogP contribution < -0.4 is 0 Å². The molecule has 0 aliphatic carbocycles. The number of rotatable bonds is 4. The number of benzene rings is 1. The minimum absolute atomic E-state index is 0.0237. The lowest BCUT2D eigenvalue weighted by Gasteiger charge is -2.38. The topological polar surface area (TPSA) is 78.9 Å². The number of esters is 1. The smallest absolute Gasteiger partial charge is 0.315 e. The Balaban J connectivity index is 1.59. The van der Waals surface area contributed by atoms with E-state index in [0.717, 1.165) is 12.0 Å². The van der Waals surface area contributed by atoms with Crippen molar-refractivity contribution in [1.29, 1.82) is 0 Å². The van der Waals surface area contributed by atoms with Crippen molar-refractivity contribution in [2.75, 3.05) is 13.2 Å². The first-order valence-electron chi connectivity index (χ1n) is 8.10. The summed E-state index contributed by atoms with van der Waals surface area (Å²) in [5.74, 6) is -0.338. The fraction of sp³-hybridized carbons (Fsp3) is 0.588. The van der Waals surface area contributed by atoms with E-state index < -0.39 is 21.1 Å². The number of aryl methyl sites for hydroxylation is 1. The van der Waals surface area contributed by atoms with Crippen molar-refractivity contribution in [3.05, 3.63) is 29.8 Å². The van der Waals surface area contributed by atoms with Crippen LogP contribution in [0.2, 0.25) is 0 Å². The molecule has 0 spiro atoms. The molecule has 0 aromatic heterocycles. The molecule has 6 nitrogen and oxygen atoms in total. The molecule has 3 fully saturated rings. The average Bonchev–Trinajstić information content (AvgIpc) is 3.17. The lowest BCUT2D eigenvalue weighted by Crippen LogP contribution is -2.52. The second kappa shape index (κ2) is 5.03. The van der Waals surface area contributed by atoms with Crippen LogP contribution in [0.5, 0.6) is 0 Å². The van der Waals surface area contributed by atoms with Gasteiger partial charge < -0.3 is 9.47 Å². The quantitative estimate of drug-likeness (QED) is 0.607. The van der Waals surface area contributed by atoms with Gasteiger partial charge in [-0.3, -0.25) is 8.98 Å². The number of cyclic esters (lactones) is 1. The predicted octanol–water partition coefficient (Wildman–Crippen LogP) is 1.81. The number of fused-ring (bicyclic) bond motifs is 5. The zero-order valence-corrected chi connectivity index (χ0v) is 14.5. The first kappa shape index (κ1) is 16.1. The van der Waals surface area contributed by atoms with E-state index in [2.05, 4.69) is 0 Å². The van der Waals surface area contributed by atoms with Crippen molar-refractivity contribution in [2.45, 2.75) is 43.3 Å². The molecule has 0 amide bonds. The fourth-order valence-corrected chi connectivity index (χ4v) is 5.24. The maximum atomic E-state index is 12.5. The van der Waals surface area contributed by atoms with Crippen molar-refractivity contribution >= 4 is 16.1 Å². The third kappa shape index (κ3) is 2.01. The number of carbonyl (C=O) groups is 1. The maximum Gasteiger partial charge on any atom is 0.315 e. The summed E-state index contributed by atoms with van der Waals surface area (Å²) in [6, 6.07) is 6.48. The molecule has 2 bridgehead atoms. The van der Waals surface area contributed by atoms with Gasteiger partial charge in [-0.2, -0.15) is 8.42 Å². The van der Waals surface area contributed by atoms with E-state index in [1.807, 2.05) is 13.8 Å². The SMILES string of the molecule is Cc1ccc(S(=O)(=O)OC[C@@]23CC[C@@H](O2)[C@H]2COC(=O)[C@]23C)cc1. The third-order valence-electron chi connectivity index (χ3n) is 5.92. The maximum absolute atomic E-state index is 12.5. The Morgan fingerprint density at radius 1 is 1.29 bits per heavy atom. The van der Waals surface area contributed by atoms with E-state index in [1.54, 1.807) is 12.1 Å². The molecule has 1 aromatic carbocycles. The summed E-state index contributed by atoms with van der Waals surface area (Å²) in [5, 5.41) is 0. The molecular weight excluding hydrogens is 332 g/mol. The van der Waals surface area contributed by atoms with E-state index >= 15 is 0 Å². The molecule has 130 valence electrons. The summed E-state index contributed by atoms with van der Waals surface area (Å²) in [4.78, 5) is 12.4. The largest absolute Gasteiger partial charge is 0.465 e. The highest BCUT2D eigenvalue weighted by Crippen LogP contribution is 2.62. The first-order valence-corrected chi connectivity index (χ1v) is 9.50. The molecule has 3 heterocycles. The monoisotopic (exact) mass is 352 g/mol. The lowest BCUT2D eigenvalue weighted by molar-refractivity contribution is -0.159. The predicted molar refractivity (Wildman–Crippen MR) is 83.7 cm³/mol. The number of ether oxygens (including phenoxy) is 2. The van der Waals surface area contributed by atoms with Crippen molar-refractivity contribution in [3.8, 4) is 0 Å². The third-order valence-corrected chi connectivity index (χ3v) is 7.20. The van der Waals surface area contributed by atoms with Gasteiger partial charge in [-0.05, 0) is 38.8 Å². The van der Waals surface area contributed by atoms with Gasteiger partial charge in [0, 0.05) is 5.92 Å². The fourth-order valence-electron chi connectivity index (χ4n) is 4.29. The molecule has 0 saturated carbocycles. The normalized spacial score (nSPS) is 37.5. The Labute approximate surface area is 141 Å². The van der Waals surface area contributed by atoms with Crippen LogP contribution in [0.25, 0.3) is 0 Å². The van der Waals surface area contributed by atoms with Crippen LogP contribution in [0.4, 0.5) is 0 Å². The van der Waals surface area contributed by atoms with E-state index in [9.17, 15) is 13.2 Å². The molecule has 4 atom stereocenters. The van der Waals surface area contributed by atoms with Crippen molar-refractivity contribution in [1.82, 2.24) is 0 Å². The minimum Gasteiger partial charge on any atom is -0.465 e. The van der Waals surface area contributed by atoms with Crippen molar-refractivity contribution in [2.24, 2.45) is 11.3 Å². The van der Waals surface area contributed by atoms with Crippen molar-refractivity contribution < 1.29 is 26.9 Å². The molecule has 24 heavy (non-hydrogen) atoms. The Morgan fingerprint density at radius 2 is 2.00 bits per heavy atom. The number of carbonyl (C=O) groups excluding carboxylic acids is 1. The molecule has 0 unspecified atom stereocenters. The van der Waals surface area contributed by atoms with Crippen LogP contribution in [0.15, 0.2) is 29.2 Å². The van der Waals surface area contributed by atoms with Crippen LogP contribution >= 0.6 is 0 Å². The van der Waals surface area contributed by atoms with Crippen LogP contribution in [0.3, 0.4) is 0 Å². The van der Waals surface area contributed by atoms with Gasteiger partial charge in [0.05, 0.1) is 24.2 Å². The molecule has 1 aromatic rings. The Morgan fingerprint density at radius 3 is 2.71 bits per heavy atom. The van der Waals surface area contributed by atoms with Crippen LogP contribution in [0.1, 0.15) is 25.3 Å². The number of hydrogen-bond donors (Lipinski definition) is 0. The second-order valence-electron chi connectivity index (χ2n) is 7.13. The average molecular weight is 352 g/mol. The van der Waals surface area contributed by atoms with Gasteiger partial charge in [-0.25, -0.2) is 0 Å². The molecule has 7 heteroatoms. The molecule has 3 aliphatic heterocycles. The minimum atomic E-state index is -3.90. The Kier molecular flexibility index (Phi) is 3.37. The Bertz CT molecular complexity index is 786. The van der Waals surface area contributed by atoms with Gasteiger partial charge in [-0.15, -0.1) is 0 Å². The highest BCUT2D eigenvalue weighted by molar-refractivity contribution is 7.86.